The van der Waals surface area contributed by atoms with E-state index in [0.717, 1.165) is 12.2 Å². The van der Waals surface area contributed by atoms with Crippen LogP contribution in [0, 0.1) is 6.92 Å². The Bertz CT molecular complexity index is 322. The van der Waals surface area contributed by atoms with Crippen molar-refractivity contribution in [3.8, 4) is 5.75 Å². The van der Waals surface area contributed by atoms with Gasteiger partial charge in [0, 0.05) is 6.54 Å². The molecule has 0 saturated carbocycles. The van der Waals surface area contributed by atoms with E-state index in [-0.39, 0.29) is 12.5 Å². The fourth-order valence-electron chi connectivity index (χ4n) is 1.20. The van der Waals surface area contributed by atoms with Gasteiger partial charge in [0.15, 0.2) is 0 Å². The highest BCUT2D eigenvalue weighted by molar-refractivity contribution is 5.77. The van der Waals surface area contributed by atoms with Crippen molar-refractivity contribution in [2.75, 3.05) is 19.7 Å². The van der Waals surface area contributed by atoms with Crippen molar-refractivity contribution in [3.05, 3.63) is 29.8 Å². The van der Waals surface area contributed by atoms with E-state index in [4.69, 9.17) is 10.5 Å². The Balaban J connectivity index is 2.11. The summed E-state index contributed by atoms with van der Waals surface area (Å²) in [6, 6.07) is 7.89. The molecule has 0 saturated heterocycles. The van der Waals surface area contributed by atoms with Crippen molar-refractivity contribution in [1.82, 2.24) is 5.32 Å². The second kappa shape index (κ2) is 6.85. The SMILES string of the molecule is Cc1ccc(OCCCNC(=O)CN)cc1. The summed E-state index contributed by atoms with van der Waals surface area (Å²) in [7, 11) is 0. The quantitative estimate of drug-likeness (QED) is 0.701. The summed E-state index contributed by atoms with van der Waals surface area (Å²) in [5.41, 5.74) is 6.36. The topological polar surface area (TPSA) is 64.3 Å². The van der Waals surface area contributed by atoms with Crippen molar-refractivity contribution in [3.63, 3.8) is 0 Å². The predicted octanol–water partition coefficient (Wildman–Crippen LogP) is 0.839. The number of carbonyl (C=O) groups excluding carboxylic acids is 1. The average molecular weight is 222 g/mol. The number of ether oxygens (including phenoxy) is 1. The molecule has 0 aliphatic rings. The van der Waals surface area contributed by atoms with E-state index in [2.05, 4.69) is 5.32 Å². The third kappa shape index (κ3) is 4.79. The second-order valence-electron chi connectivity index (χ2n) is 3.57. The fourth-order valence-corrected chi connectivity index (χ4v) is 1.20. The molecule has 0 aliphatic carbocycles. The molecule has 0 unspecified atom stereocenters. The first-order chi connectivity index (χ1) is 7.72. The number of nitrogens with one attached hydrogen (secondary N) is 1. The van der Waals surface area contributed by atoms with Crippen LogP contribution in [0.5, 0.6) is 5.75 Å². The number of rotatable bonds is 6. The largest absolute Gasteiger partial charge is 0.494 e. The van der Waals surface area contributed by atoms with E-state index in [1.54, 1.807) is 0 Å². The van der Waals surface area contributed by atoms with E-state index in [9.17, 15) is 4.79 Å². The lowest BCUT2D eigenvalue weighted by Crippen LogP contribution is -2.31. The molecule has 0 fully saturated rings. The summed E-state index contributed by atoms with van der Waals surface area (Å²) >= 11 is 0. The van der Waals surface area contributed by atoms with Gasteiger partial charge in [-0.2, -0.15) is 0 Å². The minimum Gasteiger partial charge on any atom is -0.494 e. The van der Waals surface area contributed by atoms with Crippen molar-refractivity contribution >= 4 is 5.91 Å². The molecule has 3 N–H and O–H groups in total. The minimum absolute atomic E-state index is 0.0405. The van der Waals surface area contributed by atoms with Crippen LogP contribution in [0.1, 0.15) is 12.0 Å². The first-order valence-corrected chi connectivity index (χ1v) is 5.38. The Kier molecular flexibility index (Phi) is 5.36. The second-order valence-corrected chi connectivity index (χ2v) is 3.57. The van der Waals surface area contributed by atoms with Crippen LogP contribution in [-0.4, -0.2) is 25.6 Å². The molecule has 1 aromatic rings. The monoisotopic (exact) mass is 222 g/mol. The molecule has 16 heavy (non-hydrogen) atoms. The Morgan fingerprint density at radius 2 is 2.06 bits per heavy atom. The molecule has 88 valence electrons. The van der Waals surface area contributed by atoms with Gasteiger partial charge in [-0.25, -0.2) is 0 Å². The third-order valence-corrected chi connectivity index (χ3v) is 2.12. The lowest BCUT2D eigenvalue weighted by atomic mass is 10.2. The van der Waals surface area contributed by atoms with Gasteiger partial charge in [-0.15, -0.1) is 0 Å². The zero-order valence-corrected chi connectivity index (χ0v) is 9.53. The maximum absolute atomic E-state index is 10.8. The maximum atomic E-state index is 10.8. The van der Waals surface area contributed by atoms with Crippen molar-refractivity contribution < 1.29 is 9.53 Å². The Morgan fingerprint density at radius 1 is 1.38 bits per heavy atom. The molecule has 0 aromatic heterocycles. The maximum Gasteiger partial charge on any atom is 0.233 e. The normalized spacial score (nSPS) is 9.88. The summed E-state index contributed by atoms with van der Waals surface area (Å²) in [5, 5.41) is 2.68. The zero-order valence-electron chi connectivity index (χ0n) is 9.53. The molecular weight excluding hydrogens is 204 g/mol. The van der Waals surface area contributed by atoms with E-state index >= 15 is 0 Å². The molecule has 4 nitrogen and oxygen atoms in total. The van der Waals surface area contributed by atoms with Gasteiger partial charge in [0.25, 0.3) is 0 Å². The van der Waals surface area contributed by atoms with Gasteiger partial charge < -0.3 is 15.8 Å². The van der Waals surface area contributed by atoms with Crippen LogP contribution in [0.4, 0.5) is 0 Å². The summed E-state index contributed by atoms with van der Waals surface area (Å²) in [6.07, 6.45) is 0.777. The number of hydrogen-bond acceptors (Lipinski definition) is 3. The summed E-state index contributed by atoms with van der Waals surface area (Å²) in [5.74, 6) is 0.728. The van der Waals surface area contributed by atoms with Crippen molar-refractivity contribution in [1.29, 1.82) is 0 Å². The summed E-state index contributed by atoms with van der Waals surface area (Å²) in [4.78, 5) is 10.8. The zero-order chi connectivity index (χ0) is 11.8. The van der Waals surface area contributed by atoms with Crippen LogP contribution >= 0.6 is 0 Å². The lowest BCUT2D eigenvalue weighted by Gasteiger charge is -2.06. The van der Waals surface area contributed by atoms with E-state index in [0.29, 0.717) is 13.2 Å². The van der Waals surface area contributed by atoms with E-state index < -0.39 is 0 Å². The minimum atomic E-state index is -0.129. The molecule has 0 heterocycles. The number of aryl methyl sites for hydroxylation is 1. The molecule has 1 aromatic carbocycles. The number of nitrogens with two attached hydrogens (primary N) is 1. The van der Waals surface area contributed by atoms with Gasteiger partial charge in [-0.3, -0.25) is 4.79 Å². The van der Waals surface area contributed by atoms with Gasteiger partial charge in [0.1, 0.15) is 5.75 Å². The van der Waals surface area contributed by atoms with Gasteiger partial charge in [-0.05, 0) is 25.5 Å². The standard InChI is InChI=1S/C12H18N2O2/c1-10-3-5-11(6-4-10)16-8-2-7-14-12(15)9-13/h3-6H,2,7-9,13H2,1H3,(H,14,15). The van der Waals surface area contributed by atoms with Crippen molar-refractivity contribution in [2.24, 2.45) is 5.73 Å². The molecule has 1 amide bonds. The highest BCUT2D eigenvalue weighted by atomic mass is 16.5. The van der Waals surface area contributed by atoms with E-state index in [1.165, 1.54) is 5.56 Å². The number of hydrogen-bond donors (Lipinski definition) is 2. The molecule has 0 aliphatic heterocycles. The van der Waals surface area contributed by atoms with Crippen LogP contribution in [0.15, 0.2) is 24.3 Å². The van der Waals surface area contributed by atoms with Crippen LogP contribution in [0.25, 0.3) is 0 Å². The predicted molar refractivity (Wildman–Crippen MR) is 63.4 cm³/mol. The lowest BCUT2D eigenvalue weighted by molar-refractivity contribution is -0.119. The summed E-state index contributed by atoms with van der Waals surface area (Å²) < 4.78 is 5.49. The Labute approximate surface area is 95.8 Å². The molecule has 0 bridgehead atoms. The molecule has 0 radical (unpaired) electrons. The van der Waals surface area contributed by atoms with Crippen LogP contribution < -0.4 is 15.8 Å². The molecular formula is C12H18N2O2. The third-order valence-electron chi connectivity index (χ3n) is 2.12. The first-order valence-electron chi connectivity index (χ1n) is 5.38. The number of carbonyl (C=O) groups is 1. The van der Waals surface area contributed by atoms with Crippen LogP contribution in [0.3, 0.4) is 0 Å². The fraction of sp³-hybridized carbons (Fsp3) is 0.417. The van der Waals surface area contributed by atoms with E-state index in [1.807, 2.05) is 31.2 Å². The summed E-state index contributed by atoms with van der Waals surface area (Å²) in [6.45, 7) is 3.26. The number of benzene rings is 1. The Morgan fingerprint density at radius 3 is 2.69 bits per heavy atom. The van der Waals surface area contributed by atoms with Gasteiger partial charge in [0.05, 0.1) is 13.2 Å². The smallest absolute Gasteiger partial charge is 0.233 e. The highest BCUT2D eigenvalue weighted by Gasteiger charge is 1.96. The average Bonchev–Trinajstić information content (AvgIpc) is 2.31. The highest BCUT2D eigenvalue weighted by Crippen LogP contribution is 2.11. The molecule has 0 spiro atoms. The van der Waals surface area contributed by atoms with Gasteiger partial charge in [0.2, 0.25) is 5.91 Å². The van der Waals surface area contributed by atoms with Crippen LogP contribution in [0.2, 0.25) is 0 Å². The van der Waals surface area contributed by atoms with Gasteiger partial charge >= 0.3 is 0 Å². The molecule has 4 heteroatoms. The van der Waals surface area contributed by atoms with Gasteiger partial charge in [-0.1, -0.05) is 17.7 Å². The Hall–Kier alpha value is -1.55. The number of amides is 1. The van der Waals surface area contributed by atoms with Crippen molar-refractivity contribution in [2.45, 2.75) is 13.3 Å². The first kappa shape index (κ1) is 12.5. The molecule has 1 rings (SSSR count). The molecule has 0 atom stereocenters. The van der Waals surface area contributed by atoms with Crippen LogP contribution in [-0.2, 0) is 4.79 Å².